The Kier molecular flexibility index (Phi) is 5.23. The Balaban J connectivity index is 2.20. The first-order valence-corrected chi connectivity index (χ1v) is 8.00. The molecule has 0 radical (unpaired) electrons. The van der Waals surface area contributed by atoms with Gasteiger partial charge >= 0.3 is 0 Å². The van der Waals surface area contributed by atoms with Gasteiger partial charge in [0.05, 0.1) is 0 Å². The van der Waals surface area contributed by atoms with Crippen molar-refractivity contribution in [2.24, 2.45) is 11.8 Å². The molecule has 2 rings (SSSR count). The summed E-state index contributed by atoms with van der Waals surface area (Å²) in [7, 11) is 0. The number of hydrogen-bond donors (Lipinski definition) is 0. The zero-order chi connectivity index (χ0) is 16.3. The van der Waals surface area contributed by atoms with Crippen molar-refractivity contribution >= 4 is 5.69 Å². The Labute approximate surface area is 133 Å². The molecule has 1 nitrogen and oxygen atoms in total. The molecular formula is C20H26FN. The van der Waals surface area contributed by atoms with E-state index >= 15 is 0 Å². The molecule has 1 heterocycles. The van der Waals surface area contributed by atoms with E-state index in [9.17, 15) is 4.39 Å². The molecular weight excluding hydrogens is 273 g/mol. The summed E-state index contributed by atoms with van der Waals surface area (Å²) in [5, 5.41) is 0. The summed E-state index contributed by atoms with van der Waals surface area (Å²) < 4.78 is 13.1. The monoisotopic (exact) mass is 299 g/mol. The molecule has 3 unspecified atom stereocenters. The Morgan fingerprint density at radius 3 is 2.55 bits per heavy atom. The molecule has 1 aliphatic heterocycles. The lowest BCUT2D eigenvalue weighted by atomic mass is 9.78. The summed E-state index contributed by atoms with van der Waals surface area (Å²) >= 11 is 0. The van der Waals surface area contributed by atoms with Crippen LogP contribution in [-0.2, 0) is 0 Å². The fraction of sp³-hybridized carbons (Fsp3) is 0.400. The minimum absolute atomic E-state index is 0.207. The highest BCUT2D eigenvalue weighted by Gasteiger charge is 2.38. The summed E-state index contributed by atoms with van der Waals surface area (Å²) in [6, 6.07) is 7.01. The first kappa shape index (κ1) is 16.5. The fourth-order valence-corrected chi connectivity index (χ4v) is 3.24. The molecule has 0 aliphatic carbocycles. The average Bonchev–Trinajstić information content (AvgIpc) is 2.49. The minimum Gasteiger partial charge on any atom is -0.342 e. The van der Waals surface area contributed by atoms with Crippen LogP contribution in [0.3, 0.4) is 0 Å². The Morgan fingerprint density at radius 2 is 2.05 bits per heavy atom. The quantitative estimate of drug-likeness (QED) is 0.608. The van der Waals surface area contributed by atoms with Crippen molar-refractivity contribution in [1.29, 1.82) is 0 Å². The van der Waals surface area contributed by atoms with Crippen LogP contribution in [0.2, 0.25) is 0 Å². The van der Waals surface area contributed by atoms with E-state index in [0.29, 0.717) is 17.9 Å². The summed E-state index contributed by atoms with van der Waals surface area (Å²) in [6.45, 7) is 14.8. The maximum absolute atomic E-state index is 13.1. The van der Waals surface area contributed by atoms with Crippen LogP contribution in [0.5, 0.6) is 0 Å². The lowest BCUT2D eigenvalue weighted by molar-refractivity contribution is 0.353. The van der Waals surface area contributed by atoms with Crippen molar-refractivity contribution in [2.45, 2.75) is 39.7 Å². The van der Waals surface area contributed by atoms with E-state index in [-0.39, 0.29) is 5.82 Å². The number of nitrogens with zero attached hydrogens (tertiary/aromatic N) is 1. The lowest BCUT2D eigenvalue weighted by Gasteiger charge is -2.49. The van der Waals surface area contributed by atoms with Gasteiger partial charge in [0.2, 0.25) is 0 Å². The molecule has 22 heavy (non-hydrogen) atoms. The van der Waals surface area contributed by atoms with Crippen molar-refractivity contribution < 1.29 is 4.39 Å². The van der Waals surface area contributed by atoms with E-state index in [1.165, 1.54) is 17.7 Å². The second-order valence-corrected chi connectivity index (χ2v) is 6.22. The first-order chi connectivity index (χ1) is 10.5. The topological polar surface area (TPSA) is 3.24 Å². The molecule has 0 saturated carbocycles. The smallest absolute Gasteiger partial charge is 0.123 e. The van der Waals surface area contributed by atoms with E-state index in [0.717, 1.165) is 24.2 Å². The third-order valence-corrected chi connectivity index (χ3v) is 4.65. The van der Waals surface area contributed by atoms with E-state index in [1.807, 2.05) is 12.1 Å². The normalized spacial score (nSPS) is 21.3. The van der Waals surface area contributed by atoms with Crippen molar-refractivity contribution in [3.63, 3.8) is 0 Å². The van der Waals surface area contributed by atoms with Crippen molar-refractivity contribution in [3.05, 3.63) is 66.7 Å². The van der Waals surface area contributed by atoms with E-state index in [4.69, 9.17) is 0 Å². The van der Waals surface area contributed by atoms with Crippen molar-refractivity contribution in [3.8, 4) is 0 Å². The van der Waals surface area contributed by atoms with Crippen LogP contribution in [0, 0.1) is 17.7 Å². The van der Waals surface area contributed by atoms with Crippen LogP contribution in [-0.4, -0.2) is 6.04 Å². The number of allylic oxidation sites excluding steroid dienone is 2. The van der Waals surface area contributed by atoms with Gasteiger partial charge in [-0.05, 0) is 43.5 Å². The van der Waals surface area contributed by atoms with Crippen molar-refractivity contribution in [2.75, 3.05) is 4.90 Å². The minimum atomic E-state index is -0.207. The number of hydrogen-bond acceptors (Lipinski definition) is 1. The largest absolute Gasteiger partial charge is 0.342 e. The molecule has 1 aromatic rings. The molecule has 0 N–H and O–H groups in total. The lowest BCUT2D eigenvalue weighted by Crippen LogP contribution is -2.50. The molecule has 1 aromatic carbocycles. The van der Waals surface area contributed by atoms with E-state index < -0.39 is 0 Å². The number of rotatable bonds is 6. The third kappa shape index (κ3) is 3.32. The Morgan fingerprint density at radius 1 is 1.41 bits per heavy atom. The predicted molar refractivity (Wildman–Crippen MR) is 93.3 cm³/mol. The predicted octanol–water partition coefficient (Wildman–Crippen LogP) is 5.71. The van der Waals surface area contributed by atoms with Crippen LogP contribution in [0.15, 0.2) is 60.8 Å². The molecule has 1 fully saturated rings. The maximum atomic E-state index is 13.1. The first-order valence-electron chi connectivity index (χ1n) is 8.00. The van der Waals surface area contributed by atoms with Crippen LogP contribution in [0.4, 0.5) is 10.1 Å². The molecule has 2 heteroatoms. The molecule has 3 atom stereocenters. The number of halogens is 1. The molecule has 1 saturated heterocycles. The summed E-state index contributed by atoms with van der Waals surface area (Å²) in [6.07, 6.45) is 6.44. The van der Waals surface area contributed by atoms with Gasteiger partial charge in [-0.2, -0.15) is 0 Å². The average molecular weight is 299 g/mol. The van der Waals surface area contributed by atoms with E-state index in [2.05, 4.69) is 51.0 Å². The summed E-state index contributed by atoms with van der Waals surface area (Å²) in [4.78, 5) is 2.22. The van der Waals surface area contributed by atoms with Crippen LogP contribution < -0.4 is 4.90 Å². The van der Waals surface area contributed by atoms with Gasteiger partial charge in [0, 0.05) is 29.8 Å². The highest BCUT2D eigenvalue weighted by atomic mass is 19.1. The van der Waals surface area contributed by atoms with Crippen LogP contribution >= 0.6 is 0 Å². The summed E-state index contributed by atoms with van der Waals surface area (Å²) in [5.74, 6) is 0.581. The molecule has 0 aromatic heterocycles. The van der Waals surface area contributed by atoms with Gasteiger partial charge < -0.3 is 4.90 Å². The molecule has 0 spiro atoms. The Bertz CT molecular complexity index is 570. The van der Waals surface area contributed by atoms with Gasteiger partial charge in [0.25, 0.3) is 0 Å². The van der Waals surface area contributed by atoms with Gasteiger partial charge in [-0.1, -0.05) is 38.2 Å². The highest BCUT2D eigenvalue weighted by molar-refractivity contribution is 5.58. The van der Waals surface area contributed by atoms with Crippen molar-refractivity contribution in [1.82, 2.24) is 0 Å². The SMILES string of the molecule is C=CC(C(C)/C=C(/C)CC)C1CC(=C)N1c1ccc(F)cc1. The third-order valence-electron chi connectivity index (χ3n) is 4.65. The standard InChI is InChI=1S/C20H26FN/c1-6-14(3)12-15(4)19(7-2)20-13-16(5)22(20)18-10-8-17(21)9-11-18/h7-12,15,19-20H,2,5-6,13H2,1,3-4H3/b14-12-. The highest BCUT2D eigenvalue weighted by Crippen LogP contribution is 2.41. The van der Waals surface area contributed by atoms with Crippen LogP contribution in [0.1, 0.15) is 33.6 Å². The van der Waals surface area contributed by atoms with Crippen LogP contribution in [0.25, 0.3) is 0 Å². The maximum Gasteiger partial charge on any atom is 0.123 e. The zero-order valence-electron chi connectivity index (χ0n) is 13.8. The number of anilines is 1. The van der Waals surface area contributed by atoms with Gasteiger partial charge in [-0.3, -0.25) is 0 Å². The molecule has 118 valence electrons. The number of benzene rings is 1. The molecule has 0 bridgehead atoms. The van der Waals surface area contributed by atoms with Gasteiger partial charge in [-0.15, -0.1) is 6.58 Å². The Hall–Kier alpha value is -1.83. The fourth-order valence-electron chi connectivity index (χ4n) is 3.24. The molecule has 0 amide bonds. The van der Waals surface area contributed by atoms with E-state index in [1.54, 1.807) is 0 Å². The van der Waals surface area contributed by atoms with Gasteiger partial charge in [0.1, 0.15) is 5.82 Å². The van der Waals surface area contributed by atoms with Gasteiger partial charge in [0.15, 0.2) is 0 Å². The summed E-state index contributed by atoms with van der Waals surface area (Å²) in [5.41, 5.74) is 3.51. The zero-order valence-corrected chi connectivity index (χ0v) is 13.8. The second-order valence-electron chi connectivity index (χ2n) is 6.22. The second kappa shape index (κ2) is 6.95. The molecule has 1 aliphatic rings. The van der Waals surface area contributed by atoms with Gasteiger partial charge in [-0.25, -0.2) is 4.39 Å².